The fraction of sp³-hybridized carbons (Fsp3) is 0.438. The molecule has 2 rings (SSSR count). The molecule has 1 heterocycles. The zero-order valence-corrected chi connectivity index (χ0v) is 11.5. The van der Waals surface area contributed by atoms with Crippen LogP contribution < -0.4 is 5.73 Å². The van der Waals surface area contributed by atoms with Gasteiger partial charge in [-0.05, 0) is 37.1 Å². The Morgan fingerprint density at radius 2 is 2.11 bits per heavy atom. The molecule has 1 atom stereocenters. The first-order valence-electron chi connectivity index (χ1n) is 7.03. The van der Waals surface area contributed by atoms with Crippen molar-refractivity contribution in [1.29, 1.82) is 0 Å². The van der Waals surface area contributed by atoms with Crippen molar-refractivity contribution >= 4 is 5.91 Å². The van der Waals surface area contributed by atoms with Crippen molar-refractivity contribution in [1.82, 2.24) is 4.90 Å². The maximum absolute atomic E-state index is 12.5. The lowest BCUT2D eigenvalue weighted by Crippen LogP contribution is -2.35. The zero-order valence-electron chi connectivity index (χ0n) is 11.5. The number of hydrogen-bond acceptors (Lipinski definition) is 2. The second-order valence-electron chi connectivity index (χ2n) is 4.98. The number of rotatable bonds is 5. The molecule has 0 fully saturated rings. The van der Waals surface area contributed by atoms with Crippen LogP contribution in [0.4, 0.5) is 0 Å². The third-order valence-corrected chi connectivity index (χ3v) is 3.54. The topological polar surface area (TPSA) is 46.3 Å². The lowest BCUT2D eigenvalue weighted by atomic mass is 10.1. The molecule has 0 spiro atoms. The summed E-state index contributed by atoms with van der Waals surface area (Å²) in [7, 11) is 0. The van der Waals surface area contributed by atoms with Gasteiger partial charge in [0.1, 0.15) is 0 Å². The molecular weight excluding hydrogens is 236 g/mol. The Morgan fingerprint density at radius 3 is 2.74 bits per heavy atom. The Hall–Kier alpha value is -1.61. The second kappa shape index (κ2) is 6.53. The summed E-state index contributed by atoms with van der Waals surface area (Å²) in [4.78, 5) is 14.4. The summed E-state index contributed by atoms with van der Waals surface area (Å²) >= 11 is 0. The van der Waals surface area contributed by atoms with E-state index < -0.39 is 0 Å². The molecule has 0 radical (unpaired) electrons. The standard InChI is InChI=1S/C16H22N2O/c1-2-4-15-5-3-12-18(15)16(19)14-8-6-13(7-9-14)10-11-17/h3,5-9,15H,2,4,10-12,17H2,1H3. The highest BCUT2D eigenvalue weighted by molar-refractivity contribution is 5.95. The van der Waals surface area contributed by atoms with Gasteiger partial charge in [-0.2, -0.15) is 0 Å². The van der Waals surface area contributed by atoms with E-state index in [1.165, 1.54) is 5.56 Å². The van der Waals surface area contributed by atoms with Crippen molar-refractivity contribution in [3.63, 3.8) is 0 Å². The summed E-state index contributed by atoms with van der Waals surface area (Å²) < 4.78 is 0. The van der Waals surface area contributed by atoms with Crippen LogP contribution in [-0.4, -0.2) is 29.9 Å². The molecule has 3 heteroatoms. The summed E-state index contributed by atoms with van der Waals surface area (Å²) in [6, 6.07) is 8.08. The number of carbonyl (C=O) groups is 1. The van der Waals surface area contributed by atoms with E-state index in [2.05, 4.69) is 19.1 Å². The maximum Gasteiger partial charge on any atom is 0.254 e. The first-order chi connectivity index (χ1) is 9.26. The molecule has 1 aromatic carbocycles. The van der Waals surface area contributed by atoms with E-state index in [-0.39, 0.29) is 11.9 Å². The molecule has 0 saturated heterocycles. The molecule has 0 saturated carbocycles. The van der Waals surface area contributed by atoms with E-state index in [4.69, 9.17) is 5.73 Å². The average molecular weight is 258 g/mol. The van der Waals surface area contributed by atoms with E-state index in [0.29, 0.717) is 6.54 Å². The highest BCUT2D eigenvalue weighted by atomic mass is 16.2. The van der Waals surface area contributed by atoms with Crippen LogP contribution in [0.1, 0.15) is 35.7 Å². The van der Waals surface area contributed by atoms with Crippen molar-refractivity contribution in [3.8, 4) is 0 Å². The fourth-order valence-electron chi connectivity index (χ4n) is 2.50. The SMILES string of the molecule is CCCC1C=CCN1C(=O)c1ccc(CCN)cc1. The summed E-state index contributed by atoms with van der Waals surface area (Å²) in [6.07, 6.45) is 7.21. The predicted molar refractivity (Wildman–Crippen MR) is 78.1 cm³/mol. The number of carbonyl (C=O) groups excluding carboxylic acids is 1. The number of benzene rings is 1. The fourth-order valence-corrected chi connectivity index (χ4v) is 2.50. The molecular formula is C16H22N2O. The third kappa shape index (κ3) is 3.24. The van der Waals surface area contributed by atoms with E-state index >= 15 is 0 Å². The molecule has 0 aliphatic carbocycles. The van der Waals surface area contributed by atoms with Gasteiger partial charge in [0.05, 0.1) is 6.04 Å². The lowest BCUT2D eigenvalue weighted by molar-refractivity contribution is 0.0744. The second-order valence-corrected chi connectivity index (χ2v) is 4.98. The van der Waals surface area contributed by atoms with Crippen LogP contribution in [0, 0.1) is 0 Å². The molecule has 2 N–H and O–H groups in total. The van der Waals surface area contributed by atoms with Gasteiger partial charge in [0.15, 0.2) is 0 Å². The molecule has 1 aliphatic rings. The highest BCUT2D eigenvalue weighted by Gasteiger charge is 2.24. The minimum absolute atomic E-state index is 0.128. The normalized spacial score (nSPS) is 18.0. The monoisotopic (exact) mass is 258 g/mol. The molecule has 1 aromatic rings. The molecule has 1 aliphatic heterocycles. The minimum Gasteiger partial charge on any atom is -0.330 e. The van der Waals surface area contributed by atoms with Gasteiger partial charge >= 0.3 is 0 Å². The van der Waals surface area contributed by atoms with Crippen LogP contribution in [0.25, 0.3) is 0 Å². The number of amides is 1. The number of hydrogen-bond donors (Lipinski definition) is 1. The molecule has 0 aromatic heterocycles. The lowest BCUT2D eigenvalue weighted by Gasteiger charge is -2.24. The van der Waals surface area contributed by atoms with Crippen LogP contribution in [0.2, 0.25) is 0 Å². The first-order valence-corrected chi connectivity index (χ1v) is 7.03. The number of nitrogens with zero attached hydrogens (tertiary/aromatic N) is 1. The van der Waals surface area contributed by atoms with E-state index in [1.807, 2.05) is 29.2 Å². The Bertz CT molecular complexity index is 450. The third-order valence-electron chi connectivity index (χ3n) is 3.54. The van der Waals surface area contributed by atoms with Crippen molar-refractivity contribution in [2.75, 3.05) is 13.1 Å². The Labute approximate surface area is 115 Å². The molecule has 102 valence electrons. The van der Waals surface area contributed by atoms with Crippen LogP contribution in [-0.2, 0) is 6.42 Å². The molecule has 1 amide bonds. The van der Waals surface area contributed by atoms with Crippen molar-refractivity contribution in [2.45, 2.75) is 32.2 Å². The Balaban J connectivity index is 2.06. The van der Waals surface area contributed by atoms with E-state index in [1.54, 1.807) is 0 Å². The van der Waals surface area contributed by atoms with Crippen molar-refractivity contribution in [2.24, 2.45) is 5.73 Å². The summed E-state index contributed by atoms with van der Waals surface area (Å²) in [5.41, 5.74) is 7.48. The summed E-state index contributed by atoms with van der Waals surface area (Å²) in [6.45, 7) is 3.52. The smallest absolute Gasteiger partial charge is 0.254 e. The summed E-state index contributed by atoms with van der Waals surface area (Å²) in [5, 5.41) is 0. The van der Waals surface area contributed by atoms with Gasteiger partial charge in [0.25, 0.3) is 5.91 Å². The van der Waals surface area contributed by atoms with Gasteiger partial charge in [-0.1, -0.05) is 37.6 Å². The molecule has 3 nitrogen and oxygen atoms in total. The van der Waals surface area contributed by atoms with Gasteiger partial charge in [0.2, 0.25) is 0 Å². The number of nitrogens with two attached hydrogens (primary N) is 1. The molecule has 0 bridgehead atoms. The van der Waals surface area contributed by atoms with Gasteiger partial charge in [-0.3, -0.25) is 4.79 Å². The van der Waals surface area contributed by atoms with Crippen LogP contribution in [0.15, 0.2) is 36.4 Å². The minimum atomic E-state index is 0.128. The Kier molecular flexibility index (Phi) is 4.74. The molecule has 19 heavy (non-hydrogen) atoms. The Morgan fingerprint density at radius 1 is 1.37 bits per heavy atom. The molecule has 1 unspecified atom stereocenters. The first kappa shape index (κ1) is 13.8. The average Bonchev–Trinajstić information content (AvgIpc) is 2.88. The van der Waals surface area contributed by atoms with Gasteiger partial charge < -0.3 is 10.6 Å². The zero-order chi connectivity index (χ0) is 13.7. The maximum atomic E-state index is 12.5. The quantitative estimate of drug-likeness (QED) is 0.824. The largest absolute Gasteiger partial charge is 0.330 e. The van der Waals surface area contributed by atoms with Crippen molar-refractivity contribution < 1.29 is 4.79 Å². The van der Waals surface area contributed by atoms with Crippen molar-refractivity contribution in [3.05, 3.63) is 47.5 Å². The van der Waals surface area contributed by atoms with E-state index in [9.17, 15) is 4.79 Å². The van der Waals surface area contributed by atoms with Crippen LogP contribution in [0.3, 0.4) is 0 Å². The van der Waals surface area contributed by atoms with Crippen LogP contribution in [0.5, 0.6) is 0 Å². The highest BCUT2D eigenvalue weighted by Crippen LogP contribution is 2.18. The van der Waals surface area contributed by atoms with E-state index in [0.717, 1.165) is 31.4 Å². The summed E-state index contributed by atoms with van der Waals surface area (Å²) in [5.74, 6) is 0.128. The predicted octanol–water partition coefficient (Wildman–Crippen LogP) is 2.37. The van der Waals surface area contributed by atoms with Gasteiger partial charge in [-0.15, -0.1) is 0 Å². The van der Waals surface area contributed by atoms with Gasteiger partial charge in [-0.25, -0.2) is 0 Å². The van der Waals surface area contributed by atoms with Gasteiger partial charge in [0, 0.05) is 12.1 Å². The van der Waals surface area contributed by atoms with Crippen LogP contribution >= 0.6 is 0 Å².